The Labute approximate surface area is 154 Å². The first-order chi connectivity index (χ1) is 12.1. The summed E-state index contributed by atoms with van der Waals surface area (Å²) in [6.45, 7) is -0.420. The molecular formula is C15H10Cl2F4N2O3. The fraction of sp³-hybridized carbons (Fsp3) is 0.200. The smallest absolute Gasteiger partial charge is 0.305 e. The molecule has 0 saturated heterocycles. The Morgan fingerprint density at radius 1 is 1.15 bits per heavy atom. The van der Waals surface area contributed by atoms with Crippen LogP contribution in [-0.2, 0) is 6.42 Å². The molecule has 11 heteroatoms. The first-order valence-electron chi connectivity index (χ1n) is 6.99. The number of rotatable bonds is 6. The molecule has 2 N–H and O–H groups in total. The minimum atomic E-state index is -1.46. The van der Waals surface area contributed by atoms with E-state index in [4.69, 9.17) is 23.2 Å². The van der Waals surface area contributed by atoms with Crippen molar-refractivity contribution in [2.45, 2.75) is 12.5 Å². The van der Waals surface area contributed by atoms with E-state index < -0.39 is 68.6 Å². The molecule has 140 valence electrons. The number of aliphatic hydroxyl groups excluding tert-OH is 1. The third-order valence-corrected chi connectivity index (χ3v) is 4.04. The van der Waals surface area contributed by atoms with Gasteiger partial charge in [0.25, 0.3) is 0 Å². The number of hydrogen-bond acceptors (Lipinski definition) is 4. The van der Waals surface area contributed by atoms with Crippen molar-refractivity contribution in [2.75, 3.05) is 11.9 Å². The summed E-state index contributed by atoms with van der Waals surface area (Å²) in [6.07, 6.45) is -2.08. The maximum Gasteiger partial charge on any atom is 0.305 e. The van der Waals surface area contributed by atoms with Crippen LogP contribution in [0, 0.1) is 33.4 Å². The van der Waals surface area contributed by atoms with Crippen molar-refractivity contribution < 1.29 is 27.6 Å². The standard InChI is InChI=1S/C15H10Cl2F4N2O3/c16-8-4-10(15(21)12(17)14(8)20)22-5-6(24)3-7-9(18)1-2-11(13(7)19)23(25)26/h1-2,4,6,22,24H,3,5H2. The van der Waals surface area contributed by atoms with E-state index in [0.717, 1.165) is 6.07 Å². The molecule has 0 fully saturated rings. The summed E-state index contributed by atoms with van der Waals surface area (Å²) in [6, 6.07) is 2.26. The van der Waals surface area contributed by atoms with E-state index in [0.29, 0.717) is 12.1 Å². The molecule has 2 aromatic rings. The summed E-state index contributed by atoms with van der Waals surface area (Å²) in [7, 11) is 0. The number of halogens is 6. The Hall–Kier alpha value is -2.10. The maximum atomic E-state index is 14.0. The molecule has 0 aliphatic carbocycles. The molecule has 0 bridgehead atoms. The minimum Gasteiger partial charge on any atom is -0.391 e. The van der Waals surface area contributed by atoms with Crippen LogP contribution in [0.1, 0.15) is 5.56 Å². The van der Waals surface area contributed by atoms with Gasteiger partial charge < -0.3 is 10.4 Å². The molecule has 26 heavy (non-hydrogen) atoms. The first-order valence-corrected chi connectivity index (χ1v) is 7.75. The van der Waals surface area contributed by atoms with E-state index in [9.17, 15) is 32.8 Å². The van der Waals surface area contributed by atoms with E-state index in [1.165, 1.54) is 0 Å². The van der Waals surface area contributed by atoms with Crippen molar-refractivity contribution in [3.05, 3.63) is 67.2 Å². The molecule has 0 aliphatic rings. The minimum absolute atomic E-state index is 0.333. The Bertz CT molecular complexity index is 868. The summed E-state index contributed by atoms with van der Waals surface area (Å²) in [5.74, 6) is -4.80. The second-order valence-corrected chi connectivity index (χ2v) is 5.99. The van der Waals surface area contributed by atoms with Crippen molar-refractivity contribution >= 4 is 34.6 Å². The molecule has 0 spiro atoms. The van der Waals surface area contributed by atoms with Gasteiger partial charge in [0.2, 0.25) is 5.82 Å². The van der Waals surface area contributed by atoms with Gasteiger partial charge in [-0.3, -0.25) is 10.1 Å². The predicted octanol–water partition coefficient (Wildman–Crippen LogP) is 4.47. The summed E-state index contributed by atoms with van der Waals surface area (Å²) in [4.78, 5) is 9.65. The quantitative estimate of drug-likeness (QED) is 0.241. The van der Waals surface area contributed by atoms with Gasteiger partial charge in [-0.1, -0.05) is 23.2 Å². The SMILES string of the molecule is O=[N+]([O-])c1ccc(F)c(CC(O)CNc2cc(Cl)c(F)c(Cl)c2F)c1F. The Kier molecular flexibility index (Phi) is 6.27. The molecule has 0 saturated carbocycles. The van der Waals surface area contributed by atoms with Gasteiger partial charge in [0.15, 0.2) is 11.6 Å². The van der Waals surface area contributed by atoms with Gasteiger partial charge in [-0.05, 0) is 12.1 Å². The molecule has 1 unspecified atom stereocenters. The van der Waals surface area contributed by atoms with Gasteiger partial charge in [-0.2, -0.15) is 4.39 Å². The van der Waals surface area contributed by atoms with Crippen LogP contribution >= 0.6 is 23.2 Å². The Balaban J connectivity index is 2.15. The molecule has 5 nitrogen and oxygen atoms in total. The van der Waals surface area contributed by atoms with Crippen LogP contribution in [0.4, 0.5) is 28.9 Å². The average molecular weight is 413 g/mol. The Morgan fingerprint density at radius 3 is 2.42 bits per heavy atom. The number of aliphatic hydroxyl groups is 1. The largest absolute Gasteiger partial charge is 0.391 e. The molecule has 0 amide bonds. The predicted molar refractivity (Wildman–Crippen MR) is 87.6 cm³/mol. The van der Waals surface area contributed by atoms with Crippen LogP contribution in [0.25, 0.3) is 0 Å². The van der Waals surface area contributed by atoms with Gasteiger partial charge in [0.1, 0.15) is 10.8 Å². The lowest BCUT2D eigenvalue weighted by Gasteiger charge is -2.15. The van der Waals surface area contributed by atoms with Gasteiger partial charge in [0, 0.05) is 24.6 Å². The van der Waals surface area contributed by atoms with E-state index in [1.54, 1.807) is 0 Å². The molecule has 0 aliphatic heterocycles. The number of nitro groups is 1. The van der Waals surface area contributed by atoms with Gasteiger partial charge in [-0.15, -0.1) is 0 Å². The van der Waals surface area contributed by atoms with E-state index in [-0.39, 0.29) is 5.69 Å². The maximum absolute atomic E-state index is 14.0. The highest BCUT2D eigenvalue weighted by Crippen LogP contribution is 2.31. The van der Waals surface area contributed by atoms with Crippen LogP contribution in [0.5, 0.6) is 0 Å². The lowest BCUT2D eigenvalue weighted by atomic mass is 10.1. The van der Waals surface area contributed by atoms with Crippen molar-refractivity contribution in [1.82, 2.24) is 0 Å². The number of anilines is 1. The van der Waals surface area contributed by atoms with Crippen LogP contribution in [-0.4, -0.2) is 22.7 Å². The number of hydrogen-bond donors (Lipinski definition) is 2. The van der Waals surface area contributed by atoms with Gasteiger partial charge in [0.05, 0.1) is 21.7 Å². The summed E-state index contributed by atoms with van der Waals surface area (Å²) in [5.41, 5.74) is -1.96. The van der Waals surface area contributed by atoms with Gasteiger partial charge >= 0.3 is 5.69 Å². The summed E-state index contributed by atoms with van der Waals surface area (Å²) >= 11 is 11.0. The molecule has 2 aromatic carbocycles. The number of nitrogens with one attached hydrogen (secondary N) is 1. The zero-order chi connectivity index (χ0) is 19.6. The van der Waals surface area contributed by atoms with E-state index >= 15 is 0 Å². The highest BCUT2D eigenvalue weighted by Gasteiger charge is 2.23. The van der Waals surface area contributed by atoms with Gasteiger partial charge in [-0.25, -0.2) is 13.2 Å². The van der Waals surface area contributed by atoms with Crippen molar-refractivity contribution in [2.24, 2.45) is 0 Å². The molecular weight excluding hydrogens is 403 g/mol. The van der Waals surface area contributed by atoms with Crippen LogP contribution < -0.4 is 5.32 Å². The normalized spacial score (nSPS) is 12.1. The van der Waals surface area contributed by atoms with Crippen LogP contribution in [0.15, 0.2) is 18.2 Å². The lowest BCUT2D eigenvalue weighted by Crippen LogP contribution is -2.23. The molecule has 2 rings (SSSR count). The summed E-state index contributed by atoms with van der Waals surface area (Å²) < 4.78 is 54.8. The van der Waals surface area contributed by atoms with Crippen molar-refractivity contribution in [3.8, 4) is 0 Å². The molecule has 1 atom stereocenters. The number of nitrogens with zero attached hydrogens (tertiary/aromatic N) is 1. The molecule has 0 radical (unpaired) electrons. The fourth-order valence-electron chi connectivity index (χ4n) is 2.15. The number of nitro benzene ring substituents is 1. The monoisotopic (exact) mass is 412 g/mol. The van der Waals surface area contributed by atoms with Crippen LogP contribution in [0.3, 0.4) is 0 Å². The highest BCUT2D eigenvalue weighted by molar-refractivity contribution is 6.35. The second kappa shape index (κ2) is 8.07. The third kappa shape index (κ3) is 4.17. The molecule has 0 heterocycles. The third-order valence-electron chi connectivity index (χ3n) is 3.43. The van der Waals surface area contributed by atoms with Crippen molar-refractivity contribution in [3.63, 3.8) is 0 Å². The fourth-order valence-corrected chi connectivity index (χ4v) is 2.61. The summed E-state index contributed by atoms with van der Waals surface area (Å²) in [5, 5.41) is 21.6. The second-order valence-electron chi connectivity index (χ2n) is 5.20. The Morgan fingerprint density at radius 2 is 1.81 bits per heavy atom. The average Bonchev–Trinajstić information content (AvgIpc) is 2.58. The number of benzene rings is 2. The zero-order valence-electron chi connectivity index (χ0n) is 12.7. The lowest BCUT2D eigenvalue weighted by molar-refractivity contribution is -0.387. The molecule has 0 aromatic heterocycles. The zero-order valence-corrected chi connectivity index (χ0v) is 14.2. The van der Waals surface area contributed by atoms with E-state index in [1.807, 2.05) is 0 Å². The van der Waals surface area contributed by atoms with E-state index in [2.05, 4.69) is 5.32 Å². The van der Waals surface area contributed by atoms with Crippen LogP contribution in [0.2, 0.25) is 10.0 Å². The topological polar surface area (TPSA) is 75.4 Å². The highest BCUT2D eigenvalue weighted by atomic mass is 35.5. The van der Waals surface area contributed by atoms with Crippen molar-refractivity contribution in [1.29, 1.82) is 0 Å². The first kappa shape index (κ1) is 20.2.